The van der Waals surface area contributed by atoms with Crippen molar-refractivity contribution in [3.8, 4) is 22.9 Å². The highest BCUT2D eigenvalue weighted by molar-refractivity contribution is 6.30. The summed E-state index contributed by atoms with van der Waals surface area (Å²) in [4.78, 5) is 21.1. The predicted octanol–water partition coefficient (Wildman–Crippen LogP) is 6.55. The third-order valence-electron chi connectivity index (χ3n) is 8.06. The van der Waals surface area contributed by atoms with Crippen LogP contribution in [-0.4, -0.2) is 56.9 Å². The van der Waals surface area contributed by atoms with Gasteiger partial charge in [-0.2, -0.15) is 5.26 Å². The molecule has 1 aliphatic heterocycles. The van der Waals surface area contributed by atoms with Crippen molar-refractivity contribution in [1.29, 1.82) is 10.7 Å². The third kappa shape index (κ3) is 5.26. The van der Waals surface area contributed by atoms with Gasteiger partial charge in [0.1, 0.15) is 11.7 Å². The number of rotatable bonds is 3. The van der Waals surface area contributed by atoms with Gasteiger partial charge in [0.2, 0.25) is 5.62 Å². The zero-order chi connectivity index (χ0) is 31.3. The molecule has 0 atom stereocenters. The van der Waals surface area contributed by atoms with Crippen LogP contribution in [0.25, 0.3) is 38.8 Å². The van der Waals surface area contributed by atoms with E-state index in [-0.39, 0.29) is 11.7 Å². The number of benzene rings is 3. The number of ether oxygens (including phenoxy) is 1. The van der Waals surface area contributed by atoms with Gasteiger partial charge in [-0.1, -0.05) is 29.8 Å². The van der Waals surface area contributed by atoms with Gasteiger partial charge >= 0.3 is 6.09 Å². The van der Waals surface area contributed by atoms with E-state index in [9.17, 15) is 10.1 Å². The first-order chi connectivity index (χ1) is 20.9. The number of aromatic nitrogens is 3. The number of hydrogen-bond acceptors (Lipinski definition) is 6. The number of piperazine rings is 1. The Labute approximate surface area is 261 Å². The molecular formula is C34H34ClN7O2. The lowest BCUT2D eigenvalue weighted by molar-refractivity contribution is 0.0240. The Morgan fingerprint density at radius 1 is 1.00 bits per heavy atom. The second kappa shape index (κ2) is 11.0. The number of fused-ring (bicyclic) bond motifs is 3. The summed E-state index contributed by atoms with van der Waals surface area (Å²) in [6.07, 6.45) is 1.48. The van der Waals surface area contributed by atoms with Crippen LogP contribution in [0.2, 0.25) is 5.02 Å². The van der Waals surface area contributed by atoms with Gasteiger partial charge < -0.3 is 19.1 Å². The molecule has 0 spiro atoms. The lowest BCUT2D eigenvalue weighted by Gasteiger charge is -2.37. The van der Waals surface area contributed by atoms with Crippen molar-refractivity contribution >= 4 is 45.3 Å². The van der Waals surface area contributed by atoms with Gasteiger partial charge in [0.05, 0.1) is 39.7 Å². The van der Waals surface area contributed by atoms with Gasteiger partial charge in [-0.3, -0.25) is 15.0 Å². The number of imidazole rings is 1. The average Bonchev–Trinajstić information content (AvgIpc) is 3.26. The van der Waals surface area contributed by atoms with Gasteiger partial charge in [0, 0.05) is 43.6 Å². The van der Waals surface area contributed by atoms with E-state index in [2.05, 4.69) is 17.0 Å². The molecule has 0 unspecified atom stereocenters. The van der Waals surface area contributed by atoms with E-state index in [4.69, 9.17) is 26.7 Å². The average molecular weight is 608 g/mol. The summed E-state index contributed by atoms with van der Waals surface area (Å²) in [6.45, 7) is 9.76. The highest BCUT2D eigenvalue weighted by Crippen LogP contribution is 2.33. The largest absolute Gasteiger partial charge is 0.444 e. The van der Waals surface area contributed by atoms with Crippen LogP contribution in [0.15, 0.2) is 60.8 Å². The number of nitriles is 1. The van der Waals surface area contributed by atoms with Gasteiger partial charge in [0.15, 0.2) is 0 Å². The maximum Gasteiger partial charge on any atom is 0.410 e. The lowest BCUT2D eigenvalue weighted by Crippen LogP contribution is -2.50. The first kappa shape index (κ1) is 29.3. The van der Waals surface area contributed by atoms with E-state index >= 15 is 0 Å². The fourth-order valence-corrected chi connectivity index (χ4v) is 5.93. The van der Waals surface area contributed by atoms with Crippen molar-refractivity contribution < 1.29 is 9.53 Å². The quantitative estimate of drug-likeness (QED) is 0.250. The number of hydrogen-bond donors (Lipinski definition) is 1. The molecule has 224 valence electrons. The monoisotopic (exact) mass is 607 g/mol. The summed E-state index contributed by atoms with van der Waals surface area (Å²) in [5.74, 6) is 0. The molecule has 1 N–H and O–H groups in total. The van der Waals surface area contributed by atoms with E-state index in [1.165, 1.54) is 0 Å². The minimum Gasteiger partial charge on any atom is -0.444 e. The fraction of sp³-hybridized carbons (Fsp3) is 0.294. The van der Waals surface area contributed by atoms with E-state index in [0.717, 1.165) is 50.0 Å². The number of nitrogens with one attached hydrogen (secondary N) is 1. The van der Waals surface area contributed by atoms with Gasteiger partial charge in [0.25, 0.3) is 0 Å². The van der Waals surface area contributed by atoms with Crippen LogP contribution in [0.1, 0.15) is 31.9 Å². The minimum absolute atomic E-state index is 0.275. The molecule has 3 aromatic carbocycles. The number of amides is 1. The Morgan fingerprint density at radius 2 is 1.68 bits per heavy atom. The van der Waals surface area contributed by atoms with Gasteiger partial charge in [-0.15, -0.1) is 0 Å². The molecule has 10 heteroatoms. The maximum absolute atomic E-state index is 12.6. The number of carbonyl (C=O) groups is 1. The zero-order valence-corrected chi connectivity index (χ0v) is 26.2. The molecule has 44 heavy (non-hydrogen) atoms. The number of halogens is 1. The van der Waals surface area contributed by atoms with E-state index in [1.807, 2.05) is 92.4 Å². The second-order valence-electron chi connectivity index (χ2n) is 12.2. The van der Waals surface area contributed by atoms with Crippen LogP contribution < -0.4 is 10.5 Å². The van der Waals surface area contributed by atoms with Crippen molar-refractivity contribution in [2.75, 3.05) is 31.1 Å². The number of anilines is 1. The van der Waals surface area contributed by atoms with Crippen LogP contribution in [0.5, 0.6) is 0 Å². The smallest absolute Gasteiger partial charge is 0.410 e. The highest BCUT2D eigenvalue weighted by Gasteiger charge is 2.27. The van der Waals surface area contributed by atoms with Crippen molar-refractivity contribution in [2.24, 2.45) is 7.05 Å². The molecule has 1 saturated heterocycles. The Bertz CT molecular complexity index is 2020. The molecule has 1 aliphatic rings. The number of aryl methyl sites for hydroxylation is 2. The van der Waals surface area contributed by atoms with Crippen LogP contribution in [0.3, 0.4) is 0 Å². The Balaban J connectivity index is 1.42. The first-order valence-corrected chi connectivity index (χ1v) is 14.9. The number of carbonyl (C=O) groups excluding carboxylic acids is 1. The molecule has 5 aromatic rings. The summed E-state index contributed by atoms with van der Waals surface area (Å²) in [5, 5.41) is 21.0. The third-order valence-corrected chi connectivity index (χ3v) is 8.31. The molecule has 2 aromatic heterocycles. The van der Waals surface area contributed by atoms with Crippen LogP contribution in [0, 0.1) is 23.7 Å². The molecule has 0 aliphatic carbocycles. The number of nitrogens with zero attached hydrogens (tertiary/aromatic N) is 6. The van der Waals surface area contributed by atoms with E-state index in [1.54, 1.807) is 11.1 Å². The van der Waals surface area contributed by atoms with Crippen LogP contribution in [0.4, 0.5) is 10.5 Å². The number of pyridine rings is 1. The van der Waals surface area contributed by atoms with E-state index in [0.29, 0.717) is 36.8 Å². The summed E-state index contributed by atoms with van der Waals surface area (Å²) >= 11 is 6.14. The fourth-order valence-electron chi connectivity index (χ4n) is 5.80. The van der Waals surface area contributed by atoms with Crippen molar-refractivity contribution in [2.45, 2.75) is 33.3 Å². The minimum atomic E-state index is -0.552. The van der Waals surface area contributed by atoms with Crippen molar-refractivity contribution in [3.63, 3.8) is 0 Å². The van der Waals surface area contributed by atoms with Gasteiger partial charge in [-0.05, 0) is 80.8 Å². The standard InChI is InChI=1S/C34H34ClN7O2/c1-21-16-29(40-12-14-41(15-13-40)33(43)44-34(2,3)4)24(19-36)18-28(21)42-31-26-17-23(22-6-9-25(35)10-7-22)8-11-27(26)38-20-30(31)39(5)32(42)37/h6-11,16-18,20,37H,12-15H2,1-5H3. The molecular weight excluding hydrogens is 574 g/mol. The molecule has 0 saturated carbocycles. The zero-order valence-electron chi connectivity index (χ0n) is 25.5. The summed E-state index contributed by atoms with van der Waals surface area (Å²) in [5.41, 5.74) is 7.27. The Morgan fingerprint density at radius 3 is 2.34 bits per heavy atom. The topological polar surface area (TPSA) is 103 Å². The molecule has 0 radical (unpaired) electrons. The second-order valence-corrected chi connectivity index (χ2v) is 12.6. The van der Waals surface area contributed by atoms with E-state index < -0.39 is 5.60 Å². The molecule has 1 fully saturated rings. The SMILES string of the molecule is Cc1cc(N2CCN(C(=O)OC(C)(C)C)CC2)c(C#N)cc1-n1c(=N)n(C)c2cnc3ccc(-c4ccc(Cl)cc4)cc3c21. The van der Waals surface area contributed by atoms with Crippen LogP contribution >= 0.6 is 11.6 Å². The predicted molar refractivity (Wildman–Crippen MR) is 173 cm³/mol. The molecule has 3 heterocycles. The lowest BCUT2D eigenvalue weighted by atomic mass is 10.0. The maximum atomic E-state index is 12.6. The normalized spacial score (nSPS) is 13.8. The summed E-state index contributed by atoms with van der Waals surface area (Å²) in [6, 6.07) is 20.1. The first-order valence-electron chi connectivity index (χ1n) is 14.5. The highest BCUT2D eigenvalue weighted by atomic mass is 35.5. The summed E-state index contributed by atoms with van der Waals surface area (Å²) < 4.78 is 9.27. The van der Waals surface area contributed by atoms with Gasteiger partial charge in [-0.25, -0.2) is 4.79 Å². The molecule has 6 rings (SSSR count). The Hall–Kier alpha value is -4.81. The molecule has 9 nitrogen and oxygen atoms in total. The van der Waals surface area contributed by atoms with Crippen molar-refractivity contribution in [3.05, 3.63) is 82.6 Å². The summed E-state index contributed by atoms with van der Waals surface area (Å²) in [7, 11) is 1.86. The van der Waals surface area contributed by atoms with Crippen LogP contribution in [-0.2, 0) is 11.8 Å². The van der Waals surface area contributed by atoms with Crippen molar-refractivity contribution in [1.82, 2.24) is 19.0 Å². The molecule has 1 amide bonds. The molecule has 0 bridgehead atoms. The Kier molecular flexibility index (Phi) is 7.34.